The van der Waals surface area contributed by atoms with E-state index in [1.54, 1.807) is 6.20 Å². The molecule has 0 aliphatic rings. The first kappa shape index (κ1) is 11.9. The van der Waals surface area contributed by atoms with E-state index in [0.717, 1.165) is 31.0 Å². The average Bonchev–Trinajstić information content (AvgIpc) is 2.95. The van der Waals surface area contributed by atoms with E-state index >= 15 is 0 Å². The molecule has 0 fully saturated rings. The second kappa shape index (κ2) is 5.63. The maximum Gasteiger partial charge on any atom is 0.120 e. The molecule has 0 saturated carbocycles. The maximum absolute atomic E-state index is 5.56. The summed E-state index contributed by atoms with van der Waals surface area (Å²) in [6, 6.07) is 4.26. The van der Waals surface area contributed by atoms with Gasteiger partial charge in [0, 0.05) is 12.7 Å². The molecule has 5 nitrogen and oxygen atoms in total. The van der Waals surface area contributed by atoms with Gasteiger partial charge in [-0.15, -0.1) is 5.10 Å². The topological polar surface area (TPSA) is 55.9 Å². The predicted molar refractivity (Wildman–Crippen MR) is 64.5 cm³/mol. The molecule has 0 aromatic carbocycles. The lowest BCUT2D eigenvalue weighted by molar-refractivity contribution is 0.408. The van der Waals surface area contributed by atoms with Crippen LogP contribution in [-0.4, -0.2) is 21.5 Å². The van der Waals surface area contributed by atoms with Gasteiger partial charge in [-0.25, -0.2) is 0 Å². The van der Waals surface area contributed by atoms with Crippen molar-refractivity contribution in [3.63, 3.8) is 0 Å². The van der Waals surface area contributed by atoms with Gasteiger partial charge in [0.2, 0.25) is 0 Å². The van der Waals surface area contributed by atoms with Crippen LogP contribution in [0.1, 0.15) is 30.9 Å². The first-order valence-electron chi connectivity index (χ1n) is 5.89. The monoisotopic (exact) mass is 234 g/mol. The van der Waals surface area contributed by atoms with Gasteiger partial charge < -0.3 is 9.73 Å². The van der Waals surface area contributed by atoms with Crippen LogP contribution in [0.4, 0.5) is 0 Å². The molecule has 2 heterocycles. The van der Waals surface area contributed by atoms with E-state index in [-0.39, 0.29) is 6.04 Å². The highest BCUT2D eigenvalue weighted by atomic mass is 16.3. The van der Waals surface area contributed by atoms with E-state index in [1.165, 1.54) is 0 Å². The summed E-state index contributed by atoms with van der Waals surface area (Å²) in [5, 5.41) is 11.1. The number of aryl methyl sites for hydroxylation is 2. The van der Waals surface area contributed by atoms with Crippen molar-refractivity contribution in [2.45, 2.75) is 32.9 Å². The van der Waals surface area contributed by atoms with Crippen LogP contribution in [0.25, 0.3) is 0 Å². The zero-order valence-electron chi connectivity index (χ0n) is 10.3. The quantitative estimate of drug-likeness (QED) is 0.776. The minimum Gasteiger partial charge on any atom is -0.465 e. The van der Waals surface area contributed by atoms with Crippen molar-refractivity contribution in [2.75, 3.05) is 6.54 Å². The molecule has 1 atom stereocenters. The number of rotatable bonds is 6. The average molecular weight is 234 g/mol. The Labute approximate surface area is 101 Å². The third-order valence-corrected chi connectivity index (χ3v) is 2.67. The Morgan fingerprint density at radius 2 is 2.35 bits per heavy atom. The lowest BCUT2D eigenvalue weighted by Crippen LogP contribution is -2.20. The fourth-order valence-electron chi connectivity index (χ4n) is 1.70. The van der Waals surface area contributed by atoms with Gasteiger partial charge in [-0.2, -0.15) is 0 Å². The Hall–Kier alpha value is -1.62. The normalized spacial score (nSPS) is 12.8. The highest BCUT2D eigenvalue weighted by Crippen LogP contribution is 2.15. The molecule has 0 saturated heterocycles. The molecule has 2 rings (SSSR count). The molecular weight excluding hydrogens is 216 g/mol. The second-order valence-corrected chi connectivity index (χ2v) is 4.14. The molecule has 0 aliphatic carbocycles. The molecule has 0 bridgehead atoms. The summed E-state index contributed by atoms with van der Waals surface area (Å²) < 4.78 is 7.39. The van der Waals surface area contributed by atoms with Crippen molar-refractivity contribution in [1.82, 2.24) is 20.3 Å². The molecule has 0 amide bonds. The van der Waals surface area contributed by atoms with Gasteiger partial charge >= 0.3 is 0 Å². The van der Waals surface area contributed by atoms with E-state index in [4.69, 9.17) is 4.42 Å². The number of hydrogen-bond acceptors (Lipinski definition) is 4. The minimum atomic E-state index is 0.249. The van der Waals surface area contributed by atoms with E-state index in [1.807, 2.05) is 29.9 Å². The summed E-state index contributed by atoms with van der Waals surface area (Å²) in [5.74, 6) is 1.94. The van der Waals surface area contributed by atoms with Crippen LogP contribution < -0.4 is 5.32 Å². The van der Waals surface area contributed by atoms with E-state index in [9.17, 15) is 0 Å². The summed E-state index contributed by atoms with van der Waals surface area (Å²) in [6.07, 6.45) is 4.59. The lowest BCUT2D eigenvalue weighted by Gasteiger charge is -2.10. The van der Waals surface area contributed by atoms with Crippen molar-refractivity contribution < 1.29 is 4.42 Å². The molecule has 5 heteroatoms. The molecule has 2 aromatic rings. The van der Waals surface area contributed by atoms with E-state index in [2.05, 4.69) is 22.6 Å². The third-order valence-electron chi connectivity index (χ3n) is 2.67. The highest BCUT2D eigenvalue weighted by Gasteiger charge is 2.07. The van der Waals surface area contributed by atoms with Crippen LogP contribution >= 0.6 is 0 Å². The SMILES string of the molecule is Cc1ccc(C(C)NCCCn2ccnn2)o1. The minimum absolute atomic E-state index is 0.249. The second-order valence-electron chi connectivity index (χ2n) is 4.14. The summed E-state index contributed by atoms with van der Waals surface area (Å²) in [4.78, 5) is 0. The van der Waals surface area contributed by atoms with Gasteiger partial charge in [0.25, 0.3) is 0 Å². The fourth-order valence-corrected chi connectivity index (χ4v) is 1.70. The maximum atomic E-state index is 5.56. The smallest absolute Gasteiger partial charge is 0.120 e. The van der Waals surface area contributed by atoms with Crippen molar-refractivity contribution >= 4 is 0 Å². The summed E-state index contributed by atoms with van der Waals surface area (Å²) in [6.45, 7) is 5.88. The highest BCUT2D eigenvalue weighted by molar-refractivity contribution is 5.08. The molecule has 2 aromatic heterocycles. The first-order valence-corrected chi connectivity index (χ1v) is 5.89. The lowest BCUT2D eigenvalue weighted by atomic mass is 10.2. The van der Waals surface area contributed by atoms with Crippen LogP contribution in [0.2, 0.25) is 0 Å². The Kier molecular flexibility index (Phi) is 3.93. The van der Waals surface area contributed by atoms with Gasteiger partial charge in [0.05, 0.1) is 12.2 Å². The molecule has 1 unspecified atom stereocenters. The predicted octanol–water partition coefficient (Wildman–Crippen LogP) is 1.92. The van der Waals surface area contributed by atoms with Crippen molar-refractivity contribution in [3.8, 4) is 0 Å². The van der Waals surface area contributed by atoms with Crippen molar-refractivity contribution in [2.24, 2.45) is 0 Å². The third kappa shape index (κ3) is 3.42. The standard InChI is InChI=1S/C12H18N4O/c1-10-4-5-12(17-10)11(2)13-6-3-8-16-9-7-14-15-16/h4-5,7,9,11,13H,3,6,8H2,1-2H3. The van der Waals surface area contributed by atoms with Gasteiger partial charge in [0.1, 0.15) is 11.5 Å². The van der Waals surface area contributed by atoms with Gasteiger partial charge in [-0.05, 0) is 38.9 Å². The summed E-state index contributed by atoms with van der Waals surface area (Å²) in [7, 11) is 0. The van der Waals surface area contributed by atoms with Crippen LogP contribution in [0.3, 0.4) is 0 Å². The van der Waals surface area contributed by atoms with Gasteiger partial charge in [-0.1, -0.05) is 5.21 Å². The summed E-state index contributed by atoms with van der Waals surface area (Å²) >= 11 is 0. The molecule has 1 N–H and O–H groups in total. The molecule has 0 aliphatic heterocycles. The molecule has 0 spiro atoms. The van der Waals surface area contributed by atoms with Crippen LogP contribution in [0.15, 0.2) is 28.9 Å². The van der Waals surface area contributed by atoms with Crippen LogP contribution in [-0.2, 0) is 6.54 Å². The molecule has 17 heavy (non-hydrogen) atoms. The van der Waals surface area contributed by atoms with Crippen molar-refractivity contribution in [3.05, 3.63) is 36.0 Å². The van der Waals surface area contributed by atoms with Crippen LogP contribution in [0.5, 0.6) is 0 Å². The Balaban J connectivity index is 1.68. The fraction of sp³-hybridized carbons (Fsp3) is 0.500. The number of hydrogen-bond donors (Lipinski definition) is 1. The largest absolute Gasteiger partial charge is 0.465 e. The molecule has 92 valence electrons. The zero-order valence-corrected chi connectivity index (χ0v) is 10.3. The Bertz CT molecular complexity index is 435. The first-order chi connectivity index (χ1) is 8.25. The van der Waals surface area contributed by atoms with Gasteiger partial charge in [-0.3, -0.25) is 4.68 Å². The van der Waals surface area contributed by atoms with Crippen LogP contribution in [0, 0.1) is 6.92 Å². The summed E-state index contributed by atoms with van der Waals surface area (Å²) in [5.41, 5.74) is 0. The van der Waals surface area contributed by atoms with Gasteiger partial charge in [0.15, 0.2) is 0 Å². The number of nitrogens with zero attached hydrogens (tertiary/aromatic N) is 3. The Morgan fingerprint density at radius 3 is 3.00 bits per heavy atom. The van der Waals surface area contributed by atoms with E-state index < -0.39 is 0 Å². The zero-order chi connectivity index (χ0) is 12.1. The molecule has 0 radical (unpaired) electrons. The molecular formula is C12H18N4O. The van der Waals surface area contributed by atoms with E-state index in [0.29, 0.717) is 0 Å². The number of furan rings is 1. The number of nitrogens with one attached hydrogen (secondary N) is 1. The Morgan fingerprint density at radius 1 is 1.47 bits per heavy atom. The number of aromatic nitrogens is 3. The van der Waals surface area contributed by atoms with Crippen molar-refractivity contribution in [1.29, 1.82) is 0 Å².